The van der Waals surface area contributed by atoms with E-state index in [2.05, 4.69) is 17.0 Å². The maximum atomic E-state index is 11.8. The van der Waals surface area contributed by atoms with Crippen LogP contribution in [0.3, 0.4) is 0 Å². The summed E-state index contributed by atoms with van der Waals surface area (Å²) in [6.07, 6.45) is 7.87. The van der Waals surface area contributed by atoms with Crippen LogP contribution < -0.4 is 10.0 Å². The highest BCUT2D eigenvalue weighted by Crippen LogP contribution is 2.09. The van der Waals surface area contributed by atoms with E-state index in [1.165, 1.54) is 25.7 Å². The van der Waals surface area contributed by atoms with Gasteiger partial charge in [-0.05, 0) is 19.4 Å². The van der Waals surface area contributed by atoms with Crippen LogP contribution in [0.15, 0.2) is 0 Å². The van der Waals surface area contributed by atoms with Crippen LogP contribution >= 0.6 is 0 Å². The minimum absolute atomic E-state index is 0.220. The molecule has 0 aromatic carbocycles. The molecule has 5 heteroatoms. The molecule has 1 heterocycles. The molecule has 1 fully saturated rings. The van der Waals surface area contributed by atoms with Gasteiger partial charge in [0.1, 0.15) is 0 Å². The van der Waals surface area contributed by atoms with Gasteiger partial charge in [-0.3, -0.25) is 0 Å². The van der Waals surface area contributed by atoms with Crippen molar-refractivity contribution in [1.82, 2.24) is 10.0 Å². The smallest absolute Gasteiger partial charge is 0.215 e. The van der Waals surface area contributed by atoms with Gasteiger partial charge in [-0.15, -0.1) is 0 Å². The van der Waals surface area contributed by atoms with Crippen molar-refractivity contribution in [2.45, 2.75) is 57.1 Å². The lowest BCUT2D eigenvalue weighted by Gasteiger charge is -2.11. The van der Waals surface area contributed by atoms with Crippen molar-refractivity contribution < 1.29 is 8.42 Å². The summed E-state index contributed by atoms with van der Waals surface area (Å²) >= 11 is 0. The summed E-state index contributed by atoms with van der Waals surface area (Å²) in [5, 5.41) is 2.86. The predicted octanol–water partition coefficient (Wildman–Crippen LogP) is 1.63. The molecule has 0 saturated carbocycles. The van der Waals surface area contributed by atoms with Gasteiger partial charge < -0.3 is 5.32 Å². The highest BCUT2D eigenvalue weighted by Gasteiger charge is 2.27. The zero-order valence-electron chi connectivity index (χ0n) is 10.9. The highest BCUT2D eigenvalue weighted by atomic mass is 32.2. The van der Waals surface area contributed by atoms with Gasteiger partial charge in [0, 0.05) is 13.1 Å². The molecule has 0 aromatic rings. The Kier molecular flexibility index (Phi) is 7.08. The third kappa shape index (κ3) is 5.84. The maximum absolute atomic E-state index is 11.8. The fraction of sp³-hybridized carbons (Fsp3) is 1.00. The number of hydrogen-bond acceptors (Lipinski definition) is 3. The first kappa shape index (κ1) is 14.9. The second kappa shape index (κ2) is 8.06. The summed E-state index contributed by atoms with van der Waals surface area (Å²) in [6, 6.07) is 0. The normalized spacial score (nSPS) is 20.9. The molecule has 0 radical (unpaired) electrons. The predicted molar refractivity (Wildman–Crippen MR) is 71.6 cm³/mol. The minimum Gasteiger partial charge on any atom is -0.315 e. The zero-order valence-corrected chi connectivity index (χ0v) is 11.7. The molecule has 0 aromatic heterocycles. The Balaban J connectivity index is 2.05. The van der Waals surface area contributed by atoms with Crippen LogP contribution in [0.4, 0.5) is 0 Å². The molecule has 17 heavy (non-hydrogen) atoms. The Morgan fingerprint density at radius 3 is 2.53 bits per heavy atom. The van der Waals surface area contributed by atoms with Crippen LogP contribution in [-0.2, 0) is 10.0 Å². The van der Waals surface area contributed by atoms with Crippen molar-refractivity contribution in [3.63, 3.8) is 0 Å². The molecule has 1 atom stereocenters. The molecule has 0 bridgehead atoms. The van der Waals surface area contributed by atoms with Crippen molar-refractivity contribution in [2.24, 2.45) is 0 Å². The van der Waals surface area contributed by atoms with Gasteiger partial charge in [-0.25, -0.2) is 13.1 Å². The van der Waals surface area contributed by atoms with Crippen molar-refractivity contribution in [3.8, 4) is 0 Å². The number of unbranched alkanes of at least 4 members (excludes halogenated alkanes) is 5. The van der Waals surface area contributed by atoms with Crippen LogP contribution in [0, 0.1) is 0 Å². The molecule has 0 amide bonds. The third-order valence-electron chi connectivity index (χ3n) is 3.29. The van der Waals surface area contributed by atoms with E-state index < -0.39 is 10.0 Å². The van der Waals surface area contributed by atoms with E-state index in [9.17, 15) is 8.42 Å². The van der Waals surface area contributed by atoms with Gasteiger partial charge in [0.15, 0.2) is 0 Å². The number of nitrogens with one attached hydrogen (secondary N) is 2. The highest BCUT2D eigenvalue weighted by molar-refractivity contribution is 7.90. The Hall–Kier alpha value is -0.130. The molecule has 0 spiro atoms. The Labute approximate surface area is 106 Å². The molecule has 1 saturated heterocycles. The van der Waals surface area contributed by atoms with Gasteiger partial charge in [-0.1, -0.05) is 39.0 Å². The minimum atomic E-state index is -3.07. The molecule has 1 rings (SSSR count). The zero-order chi connectivity index (χ0) is 12.6. The molecule has 4 nitrogen and oxygen atoms in total. The maximum Gasteiger partial charge on any atom is 0.215 e. The van der Waals surface area contributed by atoms with E-state index in [0.29, 0.717) is 13.1 Å². The van der Waals surface area contributed by atoms with Crippen LogP contribution in [0.5, 0.6) is 0 Å². The molecule has 102 valence electrons. The summed E-state index contributed by atoms with van der Waals surface area (Å²) in [4.78, 5) is 0. The second-order valence-corrected chi connectivity index (χ2v) is 6.87. The Morgan fingerprint density at radius 1 is 1.18 bits per heavy atom. The quantitative estimate of drug-likeness (QED) is 0.621. The summed E-state index contributed by atoms with van der Waals surface area (Å²) in [5.41, 5.74) is 0. The van der Waals surface area contributed by atoms with Gasteiger partial charge in [0.2, 0.25) is 10.0 Å². The van der Waals surface area contributed by atoms with E-state index >= 15 is 0 Å². The number of hydrogen-bond donors (Lipinski definition) is 2. The van der Waals surface area contributed by atoms with E-state index in [1.54, 1.807) is 0 Å². The van der Waals surface area contributed by atoms with E-state index in [4.69, 9.17) is 0 Å². The van der Waals surface area contributed by atoms with Crippen LogP contribution in [0.25, 0.3) is 0 Å². The topological polar surface area (TPSA) is 58.2 Å². The van der Waals surface area contributed by atoms with Crippen LogP contribution in [0.1, 0.15) is 51.9 Å². The van der Waals surface area contributed by atoms with E-state index in [0.717, 1.165) is 25.8 Å². The molecular weight excluding hydrogens is 236 g/mol. The van der Waals surface area contributed by atoms with Gasteiger partial charge >= 0.3 is 0 Å². The number of rotatable bonds is 9. The average Bonchev–Trinajstić information content (AvgIpc) is 2.82. The standard InChI is InChI=1S/C12H26N2O2S/c1-2-3-4-5-6-7-9-14-17(15,16)12-8-10-13-11-12/h12-14H,2-11H2,1H3. The van der Waals surface area contributed by atoms with Crippen molar-refractivity contribution in [2.75, 3.05) is 19.6 Å². The Bertz CT molecular complexity index is 285. The first-order chi connectivity index (χ1) is 8.17. The second-order valence-electron chi connectivity index (χ2n) is 4.82. The van der Waals surface area contributed by atoms with Gasteiger partial charge in [0.25, 0.3) is 0 Å². The van der Waals surface area contributed by atoms with Gasteiger partial charge in [0.05, 0.1) is 5.25 Å². The fourth-order valence-corrected chi connectivity index (χ4v) is 3.56. The summed E-state index contributed by atoms with van der Waals surface area (Å²) in [6.45, 7) is 4.23. The lowest BCUT2D eigenvalue weighted by atomic mass is 10.1. The summed E-state index contributed by atoms with van der Waals surface area (Å²) in [5.74, 6) is 0. The van der Waals surface area contributed by atoms with Crippen LogP contribution in [0.2, 0.25) is 0 Å². The largest absolute Gasteiger partial charge is 0.315 e. The Morgan fingerprint density at radius 2 is 1.88 bits per heavy atom. The van der Waals surface area contributed by atoms with E-state index in [-0.39, 0.29) is 5.25 Å². The lowest BCUT2D eigenvalue weighted by Crippen LogP contribution is -2.36. The molecule has 1 aliphatic heterocycles. The molecular formula is C12H26N2O2S. The van der Waals surface area contributed by atoms with Crippen molar-refractivity contribution in [1.29, 1.82) is 0 Å². The first-order valence-corrected chi connectivity index (χ1v) is 8.40. The third-order valence-corrected chi connectivity index (χ3v) is 5.17. The van der Waals surface area contributed by atoms with Gasteiger partial charge in [-0.2, -0.15) is 0 Å². The van der Waals surface area contributed by atoms with Crippen LogP contribution in [-0.4, -0.2) is 33.3 Å². The summed E-state index contributed by atoms with van der Waals surface area (Å²) < 4.78 is 26.4. The van der Waals surface area contributed by atoms with Crippen molar-refractivity contribution in [3.05, 3.63) is 0 Å². The molecule has 1 aliphatic rings. The average molecular weight is 262 g/mol. The summed E-state index contributed by atoms with van der Waals surface area (Å²) in [7, 11) is -3.07. The monoisotopic (exact) mass is 262 g/mol. The number of sulfonamides is 1. The fourth-order valence-electron chi connectivity index (χ4n) is 2.13. The van der Waals surface area contributed by atoms with E-state index in [1.807, 2.05) is 0 Å². The molecule has 1 unspecified atom stereocenters. The lowest BCUT2D eigenvalue weighted by molar-refractivity contribution is 0.557. The van der Waals surface area contributed by atoms with Crippen molar-refractivity contribution >= 4 is 10.0 Å². The SMILES string of the molecule is CCCCCCCCNS(=O)(=O)C1CCNC1. The molecule has 2 N–H and O–H groups in total. The first-order valence-electron chi connectivity index (χ1n) is 6.86. The molecule has 0 aliphatic carbocycles.